The number of hydrogen-bond donors (Lipinski definition) is 1. The largest absolute Gasteiger partial charge is 0.491 e. The molecule has 0 saturated carbocycles. The summed E-state index contributed by atoms with van der Waals surface area (Å²) >= 11 is 3.56. The summed E-state index contributed by atoms with van der Waals surface area (Å²) in [5.74, 6) is -0.250. The Labute approximate surface area is 214 Å². The van der Waals surface area contributed by atoms with Crippen LogP contribution in [0.1, 0.15) is 42.4 Å². The predicted octanol–water partition coefficient (Wildman–Crippen LogP) is 7.14. The Morgan fingerprint density at radius 1 is 1.00 bits per heavy atom. The third kappa shape index (κ3) is 5.44. The minimum atomic E-state index is -0.956. The molecule has 0 fully saturated rings. The lowest BCUT2D eigenvalue weighted by Gasteiger charge is -2.19. The molecule has 0 bridgehead atoms. The molecule has 6 heteroatoms. The van der Waals surface area contributed by atoms with Gasteiger partial charge in [0.15, 0.2) is 0 Å². The molecule has 182 valence electrons. The van der Waals surface area contributed by atoms with Crippen molar-refractivity contribution in [1.29, 1.82) is 0 Å². The lowest BCUT2D eigenvalue weighted by Crippen LogP contribution is -2.12. The number of nitrogens with zero attached hydrogens (tertiary/aromatic N) is 1. The van der Waals surface area contributed by atoms with Crippen LogP contribution >= 0.6 is 15.9 Å². The molecule has 0 aliphatic carbocycles. The van der Waals surface area contributed by atoms with Crippen molar-refractivity contribution in [3.05, 3.63) is 88.0 Å². The summed E-state index contributed by atoms with van der Waals surface area (Å²) in [6.45, 7) is 7.83. The molecule has 1 heterocycles. The van der Waals surface area contributed by atoms with Gasteiger partial charge in [0.2, 0.25) is 0 Å². The minimum Gasteiger partial charge on any atom is -0.491 e. The molecule has 0 amide bonds. The van der Waals surface area contributed by atoms with Gasteiger partial charge in [-0.25, -0.2) is 4.79 Å². The van der Waals surface area contributed by atoms with Gasteiger partial charge in [-0.05, 0) is 46.4 Å². The second-order valence-electron chi connectivity index (χ2n) is 9.60. The fourth-order valence-electron chi connectivity index (χ4n) is 4.34. The maximum absolute atomic E-state index is 12.6. The topological polar surface area (TPSA) is 60.7 Å². The van der Waals surface area contributed by atoms with Gasteiger partial charge < -0.3 is 19.1 Å². The van der Waals surface area contributed by atoms with Crippen molar-refractivity contribution >= 4 is 32.8 Å². The van der Waals surface area contributed by atoms with Crippen molar-refractivity contribution < 1.29 is 19.4 Å². The van der Waals surface area contributed by atoms with E-state index in [0.717, 1.165) is 32.1 Å². The number of halogens is 1. The van der Waals surface area contributed by atoms with Crippen LogP contribution in [0.4, 0.5) is 0 Å². The average molecular weight is 536 g/mol. The molecule has 35 heavy (non-hydrogen) atoms. The highest BCUT2D eigenvalue weighted by Crippen LogP contribution is 2.37. The van der Waals surface area contributed by atoms with Gasteiger partial charge in [0.1, 0.15) is 18.1 Å². The maximum Gasteiger partial charge on any atom is 0.353 e. The van der Waals surface area contributed by atoms with E-state index in [2.05, 4.69) is 48.8 Å². The van der Waals surface area contributed by atoms with E-state index in [1.165, 1.54) is 5.56 Å². The van der Waals surface area contributed by atoms with Crippen LogP contribution in [0.2, 0.25) is 0 Å². The highest BCUT2D eigenvalue weighted by atomic mass is 79.9. The Morgan fingerprint density at radius 3 is 2.37 bits per heavy atom. The number of carbonyl (C=O) groups is 1. The third-order valence-corrected chi connectivity index (χ3v) is 6.50. The van der Waals surface area contributed by atoms with Crippen molar-refractivity contribution in [2.75, 3.05) is 20.3 Å². The van der Waals surface area contributed by atoms with E-state index >= 15 is 0 Å². The van der Waals surface area contributed by atoms with Crippen LogP contribution in [0, 0.1) is 0 Å². The van der Waals surface area contributed by atoms with Gasteiger partial charge in [0.05, 0.1) is 6.61 Å². The molecule has 0 aliphatic heterocycles. The summed E-state index contributed by atoms with van der Waals surface area (Å²) in [6, 6.07) is 21.9. The van der Waals surface area contributed by atoms with E-state index in [-0.39, 0.29) is 11.1 Å². The summed E-state index contributed by atoms with van der Waals surface area (Å²) in [5, 5.41) is 11.3. The molecule has 0 radical (unpaired) electrons. The second-order valence-corrected chi connectivity index (χ2v) is 10.5. The van der Waals surface area contributed by atoms with Crippen molar-refractivity contribution in [3.8, 4) is 16.9 Å². The zero-order valence-electron chi connectivity index (χ0n) is 20.5. The van der Waals surface area contributed by atoms with E-state index < -0.39 is 5.97 Å². The molecule has 5 nitrogen and oxygen atoms in total. The van der Waals surface area contributed by atoms with E-state index in [9.17, 15) is 9.90 Å². The Hall–Kier alpha value is -3.09. The number of para-hydroxylation sites is 1. The highest BCUT2D eigenvalue weighted by molar-refractivity contribution is 9.10. The number of ether oxygens (including phenoxy) is 2. The zero-order valence-corrected chi connectivity index (χ0v) is 22.1. The maximum atomic E-state index is 12.6. The molecule has 0 unspecified atom stereocenters. The fraction of sp³-hybridized carbons (Fsp3) is 0.276. The van der Waals surface area contributed by atoms with Crippen LogP contribution < -0.4 is 4.74 Å². The number of rotatable bonds is 8. The number of hydrogen-bond acceptors (Lipinski definition) is 3. The number of methoxy groups -OCH3 is 1. The van der Waals surface area contributed by atoms with E-state index in [1.807, 2.05) is 59.2 Å². The molecule has 4 rings (SSSR count). The molecule has 1 N–H and O–H groups in total. The van der Waals surface area contributed by atoms with Crippen molar-refractivity contribution in [3.63, 3.8) is 0 Å². The number of benzene rings is 3. The molecule has 4 aromatic rings. The van der Waals surface area contributed by atoms with E-state index in [4.69, 9.17) is 9.47 Å². The van der Waals surface area contributed by atoms with Gasteiger partial charge in [0, 0.05) is 34.6 Å². The summed E-state index contributed by atoms with van der Waals surface area (Å²) in [6.07, 6.45) is 0. The Morgan fingerprint density at radius 2 is 1.71 bits per heavy atom. The van der Waals surface area contributed by atoms with Crippen LogP contribution in [0.15, 0.2) is 71.2 Å². The SMILES string of the molecule is COCCOc1cc(Br)cc(Cn2c(C(=O)O)c(-c3ccc(C(C)(C)C)cc3)c3ccccc32)c1. The van der Waals surface area contributed by atoms with Crippen LogP contribution in [0.25, 0.3) is 22.0 Å². The Bertz CT molecular complexity index is 1350. The summed E-state index contributed by atoms with van der Waals surface area (Å²) in [7, 11) is 1.63. The van der Waals surface area contributed by atoms with Gasteiger partial charge in [-0.1, -0.05) is 79.2 Å². The summed E-state index contributed by atoms with van der Waals surface area (Å²) in [4.78, 5) is 12.6. The van der Waals surface area contributed by atoms with Crippen LogP contribution in [0.5, 0.6) is 5.75 Å². The smallest absolute Gasteiger partial charge is 0.353 e. The van der Waals surface area contributed by atoms with Gasteiger partial charge >= 0.3 is 5.97 Å². The molecular weight excluding hydrogens is 506 g/mol. The van der Waals surface area contributed by atoms with Crippen molar-refractivity contribution in [2.45, 2.75) is 32.7 Å². The number of fused-ring (bicyclic) bond motifs is 1. The van der Waals surface area contributed by atoms with Gasteiger partial charge in [-0.15, -0.1) is 0 Å². The van der Waals surface area contributed by atoms with Gasteiger partial charge in [-0.2, -0.15) is 0 Å². The molecule has 0 saturated heterocycles. The van der Waals surface area contributed by atoms with Gasteiger partial charge in [-0.3, -0.25) is 0 Å². The van der Waals surface area contributed by atoms with Gasteiger partial charge in [0.25, 0.3) is 0 Å². The first kappa shape index (κ1) is 25.0. The standard InChI is InChI=1S/C29H30BrNO4/c1-29(2,3)21-11-9-20(10-12-21)26-24-7-5-6-8-25(24)31(27(26)28(32)33)18-19-15-22(30)17-23(16-19)35-14-13-34-4/h5-12,15-17H,13-14,18H2,1-4H3,(H,32,33). The normalized spacial score (nSPS) is 11.7. The average Bonchev–Trinajstić information content (AvgIpc) is 3.13. The first-order valence-corrected chi connectivity index (χ1v) is 12.3. The van der Waals surface area contributed by atoms with Crippen LogP contribution in [-0.2, 0) is 16.7 Å². The molecule has 0 aliphatic rings. The highest BCUT2D eigenvalue weighted by Gasteiger charge is 2.24. The molecule has 3 aromatic carbocycles. The summed E-state index contributed by atoms with van der Waals surface area (Å²) in [5.41, 5.74) is 4.94. The number of carboxylic acids is 1. The van der Waals surface area contributed by atoms with Crippen LogP contribution in [0.3, 0.4) is 0 Å². The molecule has 0 atom stereocenters. The Kier molecular flexibility index (Phi) is 7.33. The number of carboxylic acid groups (broad SMARTS) is 1. The first-order valence-electron chi connectivity index (χ1n) is 11.6. The minimum absolute atomic E-state index is 0.0197. The molecule has 1 aromatic heterocycles. The fourth-order valence-corrected chi connectivity index (χ4v) is 4.86. The monoisotopic (exact) mass is 535 g/mol. The van der Waals surface area contributed by atoms with Crippen molar-refractivity contribution in [1.82, 2.24) is 4.57 Å². The van der Waals surface area contributed by atoms with E-state index in [1.54, 1.807) is 7.11 Å². The first-order chi connectivity index (χ1) is 16.7. The van der Waals surface area contributed by atoms with Crippen molar-refractivity contribution in [2.24, 2.45) is 0 Å². The molecular formula is C29H30BrNO4. The number of aromatic carboxylic acids is 1. The second kappa shape index (κ2) is 10.3. The lowest BCUT2D eigenvalue weighted by molar-refractivity contribution is 0.0687. The zero-order chi connectivity index (χ0) is 25.2. The quantitative estimate of drug-likeness (QED) is 0.243. The predicted molar refractivity (Wildman–Crippen MR) is 144 cm³/mol. The molecule has 0 spiro atoms. The number of aromatic nitrogens is 1. The summed E-state index contributed by atoms with van der Waals surface area (Å²) < 4.78 is 13.6. The van der Waals surface area contributed by atoms with Crippen LogP contribution in [-0.4, -0.2) is 36.0 Å². The van der Waals surface area contributed by atoms with E-state index in [0.29, 0.717) is 25.5 Å². The third-order valence-electron chi connectivity index (χ3n) is 6.04. The Balaban J connectivity index is 1.83. The lowest BCUT2D eigenvalue weighted by atomic mass is 9.86.